The standard InChI is InChI=1S/C18H25ClN6O.HI/c1-12-15(13(2)25(4)24-12)11-23-18(20-3)22-10-9-21-17(26)14-7-5-6-8-16(14)19;/h5-8H,9-11H2,1-4H3,(H,21,26)(H2,20,22,23);1H. The van der Waals surface area contributed by atoms with Crippen molar-refractivity contribution < 1.29 is 4.79 Å². The Bertz CT molecular complexity index is 805. The predicted octanol–water partition coefficient (Wildman–Crippen LogP) is 2.40. The molecular weight excluding hydrogens is 479 g/mol. The molecule has 2 aromatic rings. The Morgan fingerprint density at radius 1 is 1.19 bits per heavy atom. The Morgan fingerprint density at radius 2 is 1.85 bits per heavy atom. The fourth-order valence-corrected chi connectivity index (χ4v) is 2.79. The molecule has 0 saturated carbocycles. The first-order valence-corrected chi connectivity index (χ1v) is 8.78. The van der Waals surface area contributed by atoms with Crippen molar-refractivity contribution in [2.45, 2.75) is 20.4 Å². The maximum absolute atomic E-state index is 12.1. The van der Waals surface area contributed by atoms with Crippen LogP contribution in [0.2, 0.25) is 5.02 Å². The van der Waals surface area contributed by atoms with Gasteiger partial charge in [-0.05, 0) is 26.0 Å². The van der Waals surface area contributed by atoms with Crippen molar-refractivity contribution in [2.75, 3.05) is 20.1 Å². The zero-order chi connectivity index (χ0) is 19.1. The zero-order valence-electron chi connectivity index (χ0n) is 16.0. The summed E-state index contributed by atoms with van der Waals surface area (Å²) in [7, 11) is 3.64. The third-order valence-corrected chi connectivity index (χ3v) is 4.47. The first-order chi connectivity index (χ1) is 12.4. The summed E-state index contributed by atoms with van der Waals surface area (Å²) < 4.78 is 1.87. The van der Waals surface area contributed by atoms with E-state index in [0.717, 1.165) is 17.0 Å². The summed E-state index contributed by atoms with van der Waals surface area (Å²) in [5.74, 6) is 0.474. The Balaban J connectivity index is 0.00000364. The van der Waals surface area contributed by atoms with Gasteiger partial charge in [0.15, 0.2) is 5.96 Å². The molecule has 0 aliphatic rings. The quantitative estimate of drug-likeness (QED) is 0.244. The molecule has 0 saturated heterocycles. The lowest BCUT2D eigenvalue weighted by molar-refractivity contribution is 0.0954. The number of benzene rings is 1. The molecule has 0 bridgehead atoms. The molecule has 1 amide bonds. The summed E-state index contributed by atoms with van der Waals surface area (Å²) >= 11 is 6.02. The highest BCUT2D eigenvalue weighted by atomic mass is 127. The van der Waals surface area contributed by atoms with Crippen molar-refractivity contribution in [3.8, 4) is 0 Å². The molecule has 2 rings (SSSR count). The van der Waals surface area contributed by atoms with E-state index in [-0.39, 0.29) is 29.9 Å². The number of hydrogen-bond acceptors (Lipinski definition) is 3. The van der Waals surface area contributed by atoms with Crippen LogP contribution in [-0.2, 0) is 13.6 Å². The normalized spacial score (nSPS) is 10.9. The van der Waals surface area contributed by atoms with Crippen LogP contribution in [-0.4, -0.2) is 41.8 Å². The maximum atomic E-state index is 12.1. The van der Waals surface area contributed by atoms with Crippen molar-refractivity contribution in [2.24, 2.45) is 12.0 Å². The Morgan fingerprint density at radius 3 is 2.44 bits per heavy atom. The Hall–Kier alpha value is -1.81. The number of carbonyl (C=O) groups is 1. The summed E-state index contributed by atoms with van der Waals surface area (Å²) in [6.45, 7) is 5.66. The van der Waals surface area contributed by atoms with Gasteiger partial charge in [0.2, 0.25) is 0 Å². The highest BCUT2D eigenvalue weighted by Gasteiger charge is 2.10. The molecule has 0 atom stereocenters. The molecule has 1 aromatic carbocycles. The van der Waals surface area contributed by atoms with Gasteiger partial charge in [-0.3, -0.25) is 14.5 Å². The smallest absolute Gasteiger partial charge is 0.252 e. The van der Waals surface area contributed by atoms with E-state index in [0.29, 0.717) is 36.2 Å². The van der Waals surface area contributed by atoms with Gasteiger partial charge >= 0.3 is 0 Å². The molecule has 9 heteroatoms. The number of carbonyl (C=O) groups excluding carboxylic acids is 1. The van der Waals surface area contributed by atoms with E-state index in [9.17, 15) is 4.79 Å². The fourth-order valence-electron chi connectivity index (χ4n) is 2.56. The number of nitrogens with zero attached hydrogens (tertiary/aromatic N) is 3. The molecule has 0 fully saturated rings. The molecule has 0 aliphatic carbocycles. The van der Waals surface area contributed by atoms with Gasteiger partial charge in [0.1, 0.15) is 0 Å². The third kappa shape index (κ3) is 6.39. The second-order valence-corrected chi connectivity index (χ2v) is 6.27. The summed E-state index contributed by atoms with van der Waals surface area (Å²) in [5, 5.41) is 14.1. The van der Waals surface area contributed by atoms with E-state index < -0.39 is 0 Å². The van der Waals surface area contributed by atoms with Gasteiger partial charge in [-0.15, -0.1) is 24.0 Å². The molecule has 148 valence electrons. The first kappa shape index (κ1) is 23.2. The van der Waals surface area contributed by atoms with Crippen LogP contribution in [0.3, 0.4) is 0 Å². The van der Waals surface area contributed by atoms with E-state index in [1.807, 2.05) is 25.6 Å². The number of amides is 1. The molecule has 27 heavy (non-hydrogen) atoms. The minimum Gasteiger partial charge on any atom is -0.355 e. The second kappa shape index (κ2) is 11.1. The number of guanidine groups is 1. The minimum absolute atomic E-state index is 0. The zero-order valence-corrected chi connectivity index (χ0v) is 19.1. The Kier molecular flexibility index (Phi) is 9.57. The molecule has 1 heterocycles. The molecule has 0 unspecified atom stereocenters. The van der Waals surface area contributed by atoms with E-state index in [4.69, 9.17) is 11.6 Å². The lowest BCUT2D eigenvalue weighted by atomic mass is 10.2. The third-order valence-electron chi connectivity index (χ3n) is 4.14. The lowest BCUT2D eigenvalue weighted by Crippen LogP contribution is -2.41. The average Bonchev–Trinajstić information content (AvgIpc) is 2.86. The van der Waals surface area contributed by atoms with Crippen LogP contribution >= 0.6 is 35.6 Å². The molecule has 0 radical (unpaired) electrons. The van der Waals surface area contributed by atoms with Crippen LogP contribution in [0.1, 0.15) is 27.3 Å². The Labute approximate surface area is 182 Å². The van der Waals surface area contributed by atoms with Crippen LogP contribution in [0.5, 0.6) is 0 Å². The lowest BCUT2D eigenvalue weighted by Gasteiger charge is -2.13. The number of hydrogen-bond donors (Lipinski definition) is 3. The molecule has 0 aliphatic heterocycles. The number of halogens is 2. The highest BCUT2D eigenvalue weighted by molar-refractivity contribution is 14.0. The number of nitrogens with one attached hydrogen (secondary N) is 3. The topological polar surface area (TPSA) is 83.3 Å². The van der Waals surface area contributed by atoms with Gasteiger partial charge in [0.05, 0.1) is 16.3 Å². The number of aromatic nitrogens is 2. The van der Waals surface area contributed by atoms with Crippen LogP contribution in [0.4, 0.5) is 0 Å². The van der Waals surface area contributed by atoms with Crippen molar-refractivity contribution in [1.29, 1.82) is 0 Å². The van der Waals surface area contributed by atoms with Gasteiger partial charge < -0.3 is 16.0 Å². The van der Waals surface area contributed by atoms with E-state index in [2.05, 4.69) is 26.0 Å². The summed E-state index contributed by atoms with van der Waals surface area (Å²) in [4.78, 5) is 16.3. The summed E-state index contributed by atoms with van der Waals surface area (Å²) in [6, 6.07) is 6.97. The highest BCUT2D eigenvalue weighted by Crippen LogP contribution is 2.14. The van der Waals surface area contributed by atoms with Crippen molar-refractivity contribution >= 4 is 47.4 Å². The van der Waals surface area contributed by atoms with Gasteiger partial charge in [-0.25, -0.2) is 0 Å². The molecule has 3 N–H and O–H groups in total. The van der Waals surface area contributed by atoms with Crippen molar-refractivity contribution in [3.63, 3.8) is 0 Å². The van der Waals surface area contributed by atoms with Gasteiger partial charge in [-0.1, -0.05) is 23.7 Å². The summed E-state index contributed by atoms with van der Waals surface area (Å²) in [5.41, 5.74) is 3.75. The van der Waals surface area contributed by atoms with Crippen LogP contribution in [0.25, 0.3) is 0 Å². The number of aryl methyl sites for hydroxylation is 2. The molecule has 7 nitrogen and oxygen atoms in total. The summed E-state index contributed by atoms with van der Waals surface area (Å²) in [6.07, 6.45) is 0. The maximum Gasteiger partial charge on any atom is 0.252 e. The van der Waals surface area contributed by atoms with E-state index in [1.165, 1.54) is 0 Å². The van der Waals surface area contributed by atoms with Crippen LogP contribution in [0.15, 0.2) is 29.3 Å². The largest absolute Gasteiger partial charge is 0.355 e. The SMILES string of the molecule is CN=C(NCCNC(=O)c1ccccc1Cl)NCc1c(C)nn(C)c1C.I. The average molecular weight is 505 g/mol. The first-order valence-electron chi connectivity index (χ1n) is 8.40. The second-order valence-electron chi connectivity index (χ2n) is 5.86. The predicted molar refractivity (Wildman–Crippen MR) is 120 cm³/mol. The molecule has 1 aromatic heterocycles. The number of aliphatic imine (C=N–C) groups is 1. The van der Waals surface area contributed by atoms with Gasteiger partial charge in [0, 0.05) is 45.0 Å². The van der Waals surface area contributed by atoms with Gasteiger partial charge in [-0.2, -0.15) is 5.10 Å². The van der Waals surface area contributed by atoms with Gasteiger partial charge in [0.25, 0.3) is 5.91 Å². The van der Waals surface area contributed by atoms with Crippen LogP contribution in [0, 0.1) is 13.8 Å². The minimum atomic E-state index is -0.193. The van der Waals surface area contributed by atoms with E-state index >= 15 is 0 Å². The molecular formula is C18H26ClIN6O. The fraction of sp³-hybridized carbons (Fsp3) is 0.389. The number of rotatable bonds is 6. The van der Waals surface area contributed by atoms with E-state index in [1.54, 1.807) is 31.3 Å². The van der Waals surface area contributed by atoms with Crippen molar-refractivity contribution in [1.82, 2.24) is 25.7 Å². The van der Waals surface area contributed by atoms with Crippen LogP contribution < -0.4 is 16.0 Å². The molecule has 0 spiro atoms. The monoisotopic (exact) mass is 504 g/mol. The van der Waals surface area contributed by atoms with Crippen molar-refractivity contribution in [3.05, 3.63) is 51.8 Å².